The van der Waals surface area contributed by atoms with Crippen molar-refractivity contribution in [2.75, 3.05) is 0 Å². The maximum atomic E-state index is 11.8. The van der Waals surface area contributed by atoms with Crippen LogP contribution in [0, 0.1) is 0 Å². The van der Waals surface area contributed by atoms with Crippen LogP contribution >= 0.6 is 0 Å². The highest BCUT2D eigenvalue weighted by Gasteiger charge is 2.42. The van der Waals surface area contributed by atoms with E-state index in [4.69, 9.17) is 18.9 Å². The molecule has 0 aliphatic heterocycles. The summed E-state index contributed by atoms with van der Waals surface area (Å²) >= 11 is 0. The number of esters is 4. The molecule has 0 bridgehead atoms. The van der Waals surface area contributed by atoms with Crippen LogP contribution in [0.25, 0.3) is 0 Å². The number of carbonyl (C=O) groups excluding carboxylic acids is 5. The van der Waals surface area contributed by atoms with Crippen molar-refractivity contribution >= 4 is 30.2 Å². The Balaban J connectivity index is 5.85. The third kappa shape index (κ3) is 8.65. The predicted octanol–water partition coefficient (Wildman–Crippen LogP) is 1.49. The molecule has 0 aromatic carbocycles. The fourth-order valence-corrected chi connectivity index (χ4v) is 1.99. The molecule has 0 N–H and O–H groups in total. The lowest BCUT2D eigenvalue weighted by atomic mass is 10.0. The summed E-state index contributed by atoms with van der Waals surface area (Å²) in [6.07, 6.45) is -5.05. The summed E-state index contributed by atoms with van der Waals surface area (Å²) in [5, 5.41) is 0. The largest absolute Gasteiger partial charge is 0.459 e. The second kappa shape index (κ2) is 12.8. The Hall–Kier alpha value is -2.45. The molecule has 0 aromatic rings. The van der Waals surface area contributed by atoms with E-state index in [1.165, 1.54) is 20.8 Å². The minimum atomic E-state index is -1.52. The first-order valence-corrected chi connectivity index (χ1v) is 8.96. The van der Waals surface area contributed by atoms with Gasteiger partial charge in [-0.1, -0.05) is 27.7 Å². The van der Waals surface area contributed by atoms with Gasteiger partial charge in [0.15, 0.2) is 24.6 Å². The third-order valence-electron chi connectivity index (χ3n) is 3.52. The molecule has 27 heavy (non-hydrogen) atoms. The molecule has 154 valence electrons. The topological polar surface area (TPSA) is 122 Å². The van der Waals surface area contributed by atoms with Gasteiger partial charge in [-0.15, -0.1) is 0 Å². The van der Waals surface area contributed by atoms with Crippen LogP contribution in [0.2, 0.25) is 0 Å². The summed E-state index contributed by atoms with van der Waals surface area (Å²) in [5.41, 5.74) is 0. The number of hydrogen-bond acceptors (Lipinski definition) is 9. The van der Waals surface area contributed by atoms with Crippen LogP contribution in [-0.2, 0) is 42.9 Å². The van der Waals surface area contributed by atoms with Gasteiger partial charge in [-0.2, -0.15) is 0 Å². The zero-order valence-corrected chi connectivity index (χ0v) is 16.4. The first-order chi connectivity index (χ1) is 12.7. The molecule has 0 saturated heterocycles. The second-order valence-electron chi connectivity index (χ2n) is 5.61. The minimum absolute atomic E-state index is 0.000107. The summed E-state index contributed by atoms with van der Waals surface area (Å²) in [6.45, 7) is 7.60. The van der Waals surface area contributed by atoms with Crippen molar-refractivity contribution in [1.29, 1.82) is 0 Å². The first-order valence-electron chi connectivity index (χ1n) is 8.96. The van der Waals surface area contributed by atoms with E-state index < -0.39 is 48.3 Å². The zero-order valence-electron chi connectivity index (χ0n) is 16.4. The molecule has 4 atom stereocenters. The summed E-state index contributed by atoms with van der Waals surface area (Å²) in [6, 6.07) is 0. The lowest BCUT2D eigenvalue weighted by Gasteiger charge is -2.33. The fourth-order valence-electron chi connectivity index (χ4n) is 1.99. The van der Waals surface area contributed by atoms with Gasteiger partial charge in [0, 0.05) is 25.7 Å². The number of rotatable bonds is 12. The quantitative estimate of drug-likeness (QED) is 0.278. The van der Waals surface area contributed by atoms with Gasteiger partial charge in [0.05, 0.1) is 0 Å². The molecule has 0 aliphatic carbocycles. The van der Waals surface area contributed by atoms with Crippen LogP contribution in [-0.4, -0.2) is 54.6 Å². The summed E-state index contributed by atoms with van der Waals surface area (Å²) in [4.78, 5) is 58.4. The molecule has 0 aliphatic rings. The van der Waals surface area contributed by atoms with Crippen molar-refractivity contribution in [3.63, 3.8) is 0 Å². The van der Waals surface area contributed by atoms with Crippen molar-refractivity contribution in [3.8, 4) is 0 Å². The summed E-state index contributed by atoms with van der Waals surface area (Å²) < 4.78 is 20.7. The van der Waals surface area contributed by atoms with Crippen LogP contribution in [0.3, 0.4) is 0 Å². The molecular weight excluding hydrogens is 360 g/mol. The lowest BCUT2D eigenvalue weighted by Crippen LogP contribution is -2.51. The van der Waals surface area contributed by atoms with Gasteiger partial charge in [-0.3, -0.25) is 24.0 Å². The highest BCUT2D eigenvalue weighted by atomic mass is 16.6. The van der Waals surface area contributed by atoms with Crippen molar-refractivity contribution in [3.05, 3.63) is 0 Å². The Morgan fingerprint density at radius 3 is 1.44 bits per heavy atom. The van der Waals surface area contributed by atoms with Crippen LogP contribution in [0.5, 0.6) is 0 Å². The zero-order chi connectivity index (χ0) is 21.0. The van der Waals surface area contributed by atoms with Gasteiger partial charge in [-0.05, 0) is 6.92 Å². The molecule has 9 nitrogen and oxygen atoms in total. The molecule has 0 rings (SSSR count). The van der Waals surface area contributed by atoms with E-state index in [2.05, 4.69) is 0 Å². The van der Waals surface area contributed by atoms with Crippen LogP contribution in [0.15, 0.2) is 0 Å². The van der Waals surface area contributed by atoms with E-state index >= 15 is 0 Å². The molecular formula is C18H28O9. The average Bonchev–Trinajstić information content (AvgIpc) is 2.67. The Labute approximate surface area is 158 Å². The Bertz CT molecular complexity index is 529. The second-order valence-corrected chi connectivity index (χ2v) is 5.61. The van der Waals surface area contributed by atoms with Gasteiger partial charge in [0.2, 0.25) is 0 Å². The average molecular weight is 388 g/mol. The molecule has 0 aromatic heterocycles. The van der Waals surface area contributed by atoms with E-state index in [-0.39, 0.29) is 32.0 Å². The van der Waals surface area contributed by atoms with E-state index in [1.54, 1.807) is 13.8 Å². The van der Waals surface area contributed by atoms with Crippen LogP contribution < -0.4 is 0 Å². The number of carbonyl (C=O) groups is 5. The van der Waals surface area contributed by atoms with Crippen molar-refractivity contribution < 1.29 is 42.9 Å². The van der Waals surface area contributed by atoms with E-state index in [0.717, 1.165) is 0 Å². The highest BCUT2D eigenvalue weighted by Crippen LogP contribution is 2.19. The van der Waals surface area contributed by atoms with Crippen molar-refractivity contribution in [2.45, 2.75) is 84.7 Å². The Morgan fingerprint density at radius 1 is 0.667 bits per heavy atom. The van der Waals surface area contributed by atoms with E-state index in [0.29, 0.717) is 0 Å². The highest BCUT2D eigenvalue weighted by molar-refractivity contribution is 5.74. The van der Waals surface area contributed by atoms with Crippen molar-refractivity contribution in [2.24, 2.45) is 0 Å². The lowest BCUT2D eigenvalue weighted by molar-refractivity contribution is -0.197. The predicted molar refractivity (Wildman–Crippen MR) is 92.4 cm³/mol. The fraction of sp³-hybridized carbons (Fsp3) is 0.722. The molecule has 0 amide bonds. The van der Waals surface area contributed by atoms with E-state index in [1.807, 2.05) is 0 Å². The van der Waals surface area contributed by atoms with Gasteiger partial charge in [0.25, 0.3) is 0 Å². The van der Waals surface area contributed by atoms with Gasteiger partial charge < -0.3 is 18.9 Å². The molecule has 0 saturated carbocycles. The molecule has 9 heteroatoms. The number of ether oxygens (including phenoxy) is 4. The Morgan fingerprint density at radius 2 is 1.04 bits per heavy atom. The SMILES string of the molecule is CCC(=O)O[C@H]([C@H](OC(=O)CC)[C@H](C=O)OC(=O)CC)[C@@H](C)OC(=O)CC. The van der Waals surface area contributed by atoms with Gasteiger partial charge in [-0.25, -0.2) is 0 Å². The molecule has 0 heterocycles. The standard InChI is InChI=1S/C18H28O9/c1-6-13(20)24-11(5)17(26-15(22)8-3)18(27-16(23)9-4)12(10-19)25-14(21)7-2/h10-12,17-18H,6-9H2,1-5H3/t11-,12+,17+,18-/m1/s1. The van der Waals surface area contributed by atoms with E-state index in [9.17, 15) is 24.0 Å². The monoisotopic (exact) mass is 388 g/mol. The van der Waals surface area contributed by atoms with Crippen LogP contribution in [0.1, 0.15) is 60.3 Å². The number of hydrogen-bond donors (Lipinski definition) is 0. The molecule has 0 spiro atoms. The normalized spacial score (nSPS) is 14.9. The molecule has 0 unspecified atom stereocenters. The molecule has 0 fully saturated rings. The smallest absolute Gasteiger partial charge is 0.306 e. The maximum absolute atomic E-state index is 11.8. The maximum Gasteiger partial charge on any atom is 0.306 e. The van der Waals surface area contributed by atoms with Crippen molar-refractivity contribution in [1.82, 2.24) is 0 Å². The van der Waals surface area contributed by atoms with Gasteiger partial charge >= 0.3 is 23.9 Å². The number of aldehydes is 1. The van der Waals surface area contributed by atoms with Gasteiger partial charge in [0.1, 0.15) is 6.10 Å². The Kier molecular flexibility index (Phi) is 11.7. The molecule has 0 radical (unpaired) electrons. The summed E-state index contributed by atoms with van der Waals surface area (Å²) in [7, 11) is 0. The summed E-state index contributed by atoms with van der Waals surface area (Å²) in [5.74, 6) is -2.65. The van der Waals surface area contributed by atoms with Crippen LogP contribution in [0.4, 0.5) is 0 Å². The minimum Gasteiger partial charge on any atom is -0.459 e. The first kappa shape index (κ1) is 24.6. The third-order valence-corrected chi connectivity index (χ3v) is 3.52.